The number of nitriles is 1. The molecule has 0 spiro atoms. The largest absolute Gasteiger partial charge is 0.406 e. The van der Waals surface area contributed by atoms with Crippen LogP contribution in [0.25, 0.3) is 11.3 Å². The second-order valence-corrected chi connectivity index (χ2v) is 7.14. The number of rotatable bonds is 7. The lowest BCUT2D eigenvalue weighted by molar-refractivity contribution is -0.157. The number of alkyl halides is 3. The molecule has 2 amide bonds. The van der Waals surface area contributed by atoms with E-state index in [1.807, 2.05) is 6.07 Å². The van der Waals surface area contributed by atoms with Gasteiger partial charge in [0.05, 0.1) is 35.9 Å². The standard InChI is InChI=1S/C20H19F3N6O2/c1-29(11-20(21,22)23)18(30)10-26-15-6-13(4-5-14(15)7-24)16-8-27-17(9-25-16)28-19(31)12-2-3-12/h4-6,8-9,12,26H,2-3,10-11H2,1H3,(H,27,28,31). The molecule has 1 heterocycles. The number of halogens is 3. The van der Waals surface area contributed by atoms with Crippen molar-refractivity contribution in [2.75, 3.05) is 30.8 Å². The Balaban J connectivity index is 1.69. The second kappa shape index (κ2) is 8.99. The molecule has 2 N–H and O–H groups in total. The maximum absolute atomic E-state index is 12.4. The maximum Gasteiger partial charge on any atom is 0.406 e. The van der Waals surface area contributed by atoms with Crippen molar-refractivity contribution < 1.29 is 22.8 Å². The summed E-state index contributed by atoms with van der Waals surface area (Å²) < 4.78 is 37.3. The maximum atomic E-state index is 12.4. The number of carbonyl (C=O) groups excluding carboxylic acids is 2. The molecular weight excluding hydrogens is 413 g/mol. The molecular formula is C20H19F3N6O2. The molecule has 162 valence electrons. The highest BCUT2D eigenvalue weighted by atomic mass is 19.4. The zero-order valence-electron chi connectivity index (χ0n) is 16.5. The van der Waals surface area contributed by atoms with Gasteiger partial charge < -0.3 is 15.5 Å². The molecule has 0 unspecified atom stereocenters. The highest BCUT2D eigenvalue weighted by Crippen LogP contribution is 2.30. The first kappa shape index (κ1) is 22.0. The fourth-order valence-corrected chi connectivity index (χ4v) is 2.73. The van der Waals surface area contributed by atoms with Gasteiger partial charge >= 0.3 is 6.18 Å². The molecule has 0 aliphatic heterocycles. The van der Waals surface area contributed by atoms with E-state index in [-0.39, 0.29) is 23.1 Å². The molecule has 1 fully saturated rings. The van der Waals surface area contributed by atoms with Crippen LogP contribution in [-0.2, 0) is 9.59 Å². The van der Waals surface area contributed by atoms with Crippen molar-refractivity contribution in [3.05, 3.63) is 36.2 Å². The van der Waals surface area contributed by atoms with E-state index in [0.29, 0.717) is 22.0 Å². The summed E-state index contributed by atoms with van der Waals surface area (Å²) in [7, 11) is 1.05. The van der Waals surface area contributed by atoms with Crippen molar-refractivity contribution in [3.63, 3.8) is 0 Å². The van der Waals surface area contributed by atoms with Crippen LogP contribution in [0.2, 0.25) is 0 Å². The molecule has 1 saturated carbocycles. The zero-order chi connectivity index (χ0) is 22.6. The summed E-state index contributed by atoms with van der Waals surface area (Å²) in [6.07, 6.45) is 0.108. The molecule has 1 aliphatic rings. The van der Waals surface area contributed by atoms with Crippen LogP contribution in [-0.4, -0.2) is 53.0 Å². The van der Waals surface area contributed by atoms with Crippen molar-refractivity contribution in [2.24, 2.45) is 5.92 Å². The van der Waals surface area contributed by atoms with Gasteiger partial charge in [0.2, 0.25) is 11.8 Å². The molecule has 0 saturated heterocycles. The fraction of sp³-hybridized carbons (Fsp3) is 0.350. The topological polar surface area (TPSA) is 111 Å². The van der Waals surface area contributed by atoms with Gasteiger partial charge in [-0.1, -0.05) is 6.07 Å². The third-order valence-electron chi connectivity index (χ3n) is 4.56. The van der Waals surface area contributed by atoms with Crippen LogP contribution in [0.1, 0.15) is 18.4 Å². The molecule has 1 aliphatic carbocycles. The monoisotopic (exact) mass is 432 g/mol. The van der Waals surface area contributed by atoms with Crippen LogP contribution < -0.4 is 10.6 Å². The van der Waals surface area contributed by atoms with Crippen LogP contribution in [0.5, 0.6) is 0 Å². The zero-order valence-corrected chi connectivity index (χ0v) is 16.5. The van der Waals surface area contributed by atoms with Crippen LogP contribution in [0, 0.1) is 17.2 Å². The SMILES string of the molecule is CN(CC(F)(F)F)C(=O)CNc1cc(-c2cnc(NC(=O)C3CC3)cn2)ccc1C#N. The summed E-state index contributed by atoms with van der Waals surface area (Å²) in [6.45, 7) is -1.78. The molecule has 8 nitrogen and oxygen atoms in total. The van der Waals surface area contributed by atoms with Gasteiger partial charge in [-0.25, -0.2) is 4.98 Å². The number of carbonyl (C=O) groups is 2. The summed E-state index contributed by atoms with van der Waals surface area (Å²) >= 11 is 0. The minimum absolute atomic E-state index is 0.0338. The van der Waals surface area contributed by atoms with E-state index >= 15 is 0 Å². The Bertz CT molecular complexity index is 1010. The van der Waals surface area contributed by atoms with Gasteiger partial charge in [-0.05, 0) is 25.0 Å². The smallest absolute Gasteiger partial charge is 0.375 e. The minimum atomic E-state index is -4.49. The van der Waals surface area contributed by atoms with E-state index in [4.69, 9.17) is 0 Å². The Kier molecular flexibility index (Phi) is 6.39. The van der Waals surface area contributed by atoms with Gasteiger partial charge in [-0.3, -0.25) is 14.6 Å². The Morgan fingerprint density at radius 1 is 1.26 bits per heavy atom. The summed E-state index contributed by atoms with van der Waals surface area (Å²) in [5.74, 6) is -0.508. The summed E-state index contributed by atoms with van der Waals surface area (Å²) in [6, 6.07) is 6.66. The van der Waals surface area contributed by atoms with Gasteiger partial charge in [0, 0.05) is 18.5 Å². The molecule has 0 radical (unpaired) electrons. The second-order valence-electron chi connectivity index (χ2n) is 7.14. The van der Waals surface area contributed by atoms with Crippen LogP contribution in [0.4, 0.5) is 24.7 Å². The van der Waals surface area contributed by atoms with E-state index in [1.54, 1.807) is 12.1 Å². The lowest BCUT2D eigenvalue weighted by Crippen LogP contribution is -2.39. The number of aromatic nitrogens is 2. The number of nitrogens with one attached hydrogen (secondary N) is 2. The van der Waals surface area contributed by atoms with Gasteiger partial charge in [0.1, 0.15) is 12.6 Å². The Morgan fingerprint density at radius 3 is 2.58 bits per heavy atom. The third-order valence-corrected chi connectivity index (χ3v) is 4.56. The number of anilines is 2. The molecule has 2 aromatic rings. The number of benzene rings is 1. The Morgan fingerprint density at radius 2 is 2.00 bits per heavy atom. The van der Waals surface area contributed by atoms with Crippen LogP contribution in [0.15, 0.2) is 30.6 Å². The average Bonchev–Trinajstić information content (AvgIpc) is 3.56. The molecule has 1 aromatic heterocycles. The Labute approximate surface area is 176 Å². The van der Waals surface area contributed by atoms with Crippen LogP contribution >= 0.6 is 0 Å². The van der Waals surface area contributed by atoms with Gasteiger partial charge in [0.15, 0.2) is 5.82 Å². The number of amides is 2. The average molecular weight is 432 g/mol. The third kappa shape index (κ3) is 6.15. The molecule has 0 atom stereocenters. The van der Waals surface area contributed by atoms with Crippen molar-refractivity contribution >= 4 is 23.3 Å². The molecule has 0 bridgehead atoms. The summed E-state index contributed by atoms with van der Waals surface area (Å²) in [4.78, 5) is 32.7. The first-order valence-electron chi connectivity index (χ1n) is 9.38. The first-order valence-corrected chi connectivity index (χ1v) is 9.38. The fourth-order valence-electron chi connectivity index (χ4n) is 2.73. The van der Waals surface area contributed by atoms with E-state index in [9.17, 15) is 28.0 Å². The van der Waals surface area contributed by atoms with Gasteiger partial charge in [-0.2, -0.15) is 18.4 Å². The van der Waals surface area contributed by atoms with E-state index in [2.05, 4.69) is 20.6 Å². The summed E-state index contributed by atoms with van der Waals surface area (Å²) in [5, 5.41) is 14.7. The lowest BCUT2D eigenvalue weighted by atomic mass is 10.1. The highest BCUT2D eigenvalue weighted by molar-refractivity contribution is 5.93. The number of hydrogen-bond acceptors (Lipinski definition) is 6. The van der Waals surface area contributed by atoms with Crippen molar-refractivity contribution in [1.29, 1.82) is 5.26 Å². The molecule has 3 rings (SSSR count). The van der Waals surface area contributed by atoms with Gasteiger partial charge in [0.25, 0.3) is 0 Å². The van der Waals surface area contributed by atoms with Crippen molar-refractivity contribution in [1.82, 2.24) is 14.9 Å². The quantitative estimate of drug-likeness (QED) is 0.696. The summed E-state index contributed by atoms with van der Waals surface area (Å²) in [5.41, 5.74) is 1.53. The van der Waals surface area contributed by atoms with Crippen molar-refractivity contribution in [2.45, 2.75) is 19.0 Å². The highest BCUT2D eigenvalue weighted by Gasteiger charge is 2.31. The number of likely N-dealkylation sites (N-methyl/N-ethyl adjacent to an activating group) is 1. The predicted octanol–water partition coefficient (Wildman–Crippen LogP) is 2.80. The van der Waals surface area contributed by atoms with Crippen molar-refractivity contribution in [3.8, 4) is 17.3 Å². The van der Waals surface area contributed by atoms with E-state index < -0.39 is 25.2 Å². The number of hydrogen-bond donors (Lipinski definition) is 2. The molecule has 1 aromatic carbocycles. The number of nitrogens with zero attached hydrogens (tertiary/aromatic N) is 4. The van der Waals surface area contributed by atoms with E-state index in [1.165, 1.54) is 18.5 Å². The lowest BCUT2D eigenvalue weighted by Gasteiger charge is -2.19. The van der Waals surface area contributed by atoms with Crippen LogP contribution in [0.3, 0.4) is 0 Å². The van der Waals surface area contributed by atoms with Gasteiger partial charge in [-0.15, -0.1) is 0 Å². The predicted molar refractivity (Wildman–Crippen MR) is 106 cm³/mol. The normalized spacial score (nSPS) is 13.3. The minimum Gasteiger partial charge on any atom is -0.375 e. The molecule has 31 heavy (non-hydrogen) atoms. The Hall–Kier alpha value is -3.68. The van der Waals surface area contributed by atoms with E-state index in [0.717, 1.165) is 19.9 Å². The molecule has 11 heteroatoms. The first-order chi connectivity index (χ1) is 14.7.